The number of thiophene rings is 1. The summed E-state index contributed by atoms with van der Waals surface area (Å²) < 4.78 is 10.3. The monoisotopic (exact) mass is 540 g/mol. The summed E-state index contributed by atoms with van der Waals surface area (Å²) in [7, 11) is 0. The van der Waals surface area contributed by atoms with Crippen LogP contribution in [0.3, 0.4) is 0 Å². The Morgan fingerprint density at radius 3 is 2.49 bits per heavy atom. The molecule has 0 bridgehead atoms. The maximum Gasteiger partial charge on any atom is 0.341 e. The van der Waals surface area contributed by atoms with Crippen molar-refractivity contribution in [3.8, 4) is 0 Å². The number of halogens is 1. The van der Waals surface area contributed by atoms with E-state index < -0.39 is 36.4 Å². The molecular formula is C24H29ClN2O6S2. The Balaban J connectivity index is 2.06. The number of rotatable bonds is 12. The van der Waals surface area contributed by atoms with E-state index in [9.17, 15) is 19.2 Å². The fraction of sp³-hybridized carbons (Fsp3) is 0.417. The molecule has 0 aliphatic heterocycles. The van der Waals surface area contributed by atoms with Crippen LogP contribution in [0, 0.1) is 6.92 Å². The number of ether oxygens (including phenoxy) is 2. The lowest BCUT2D eigenvalue weighted by Gasteiger charge is -2.17. The summed E-state index contributed by atoms with van der Waals surface area (Å²) in [5, 5.41) is 5.90. The predicted octanol–water partition coefficient (Wildman–Crippen LogP) is 4.48. The number of aryl methyl sites for hydroxylation is 1. The van der Waals surface area contributed by atoms with Gasteiger partial charge in [0.05, 0.1) is 22.8 Å². The van der Waals surface area contributed by atoms with Crippen LogP contribution >= 0.6 is 34.7 Å². The Bertz CT molecular complexity index is 1070. The Morgan fingerprint density at radius 2 is 1.86 bits per heavy atom. The van der Waals surface area contributed by atoms with Gasteiger partial charge in [-0.05, 0) is 56.4 Å². The average molecular weight is 541 g/mol. The molecular weight excluding hydrogens is 512 g/mol. The number of anilines is 1. The molecule has 8 nitrogen and oxygen atoms in total. The second kappa shape index (κ2) is 14.1. The fourth-order valence-corrected chi connectivity index (χ4v) is 5.12. The minimum Gasteiger partial charge on any atom is -0.462 e. The van der Waals surface area contributed by atoms with Gasteiger partial charge in [-0.25, -0.2) is 9.59 Å². The average Bonchev–Trinajstić information content (AvgIpc) is 3.14. The molecule has 0 spiro atoms. The lowest BCUT2D eigenvalue weighted by molar-refractivity contribution is -0.149. The van der Waals surface area contributed by atoms with Crippen molar-refractivity contribution in [3.63, 3.8) is 0 Å². The molecule has 1 heterocycles. The van der Waals surface area contributed by atoms with Crippen LogP contribution in [0.15, 0.2) is 24.3 Å². The molecule has 0 aliphatic carbocycles. The summed E-state index contributed by atoms with van der Waals surface area (Å²) in [5.74, 6) is -1.78. The van der Waals surface area contributed by atoms with Gasteiger partial charge in [0.1, 0.15) is 11.0 Å². The zero-order chi connectivity index (χ0) is 26.0. The van der Waals surface area contributed by atoms with E-state index in [-0.39, 0.29) is 17.2 Å². The first-order valence-corrected chi connectivity index (χ1v) is 13.6. The van der Waals surface area contributed by atoms with Crippen molar-refractivity contribution >= 4 is 63.5 Å². The highest BCUT2D eigenvalue weighted by Crippen LogP contribution is 2.34. The second-order valence-electron chi connectivity index (χ2n) is 7.36. The van der Waals surface area contributed by atoms with Crippen molar-refractivity contribution in [1.82, 2.24) is 5.32 Å². The van der Waals surface area contributed by atoms with E-state index >= 15 is 0 Å². The van der Waals surface area contributed by atoms with Crippen LogP contribution in [0.2, 0.25) is 5.02 Å². The molecule has 0 aliphatic rings. The largest absolute Gasteiger partial charge is 0.462 e. The summed E-state index contributed by atoms with van der Waals surface area (Å²) in [6, 6.07) is 5.54. The van der Waals surface area contributed by atoms with Gasteiger partial charge in [0.25, 0.3) is 11.8 Å². The Morgan fingerprint density at radius 1 is 1.14 bits per heavy atom. The predicted molar refractivity (Wildman–Crippen MR) is 140 cm³/mol. The molecule has 2 aromatic rings. The molecule has 1 unspecified atom stereocenters. The quantitative estimate of drug-likeness (QED) is 0.382. The molecule has 1 atom stereocenters. The van der Waals surface area contributed by atoms with Crippen LogP contribution < -0.4 is 10.6 Å². The van der Waals surface area contributed by atoms with E-state index in [1.54, 1.807) is 31.2 Å². The van der Waals surface area contributed by atoms with Gasteiger partial charge in [-0.2, -0.15) is 11.8 Å². The second-order valence-corrected chi connectivity index (χ2v) is 9.98. The van der Waals surface area contributed by atoms with E-state index in [1.165, 1.54) is 23.1 Å². The van der Waals surface area contributed by atoms with Crippen molar-refractivity contribution in [2.45, 2.75) is 39.7 Å². The Kier molecular flexibility index (Phi) is 11.6. The van der Waals surface area contributed by atoms with Gasteiger partial charge < -0.3 is 20.1 Å². The SMILES string of the molecule is CCOC(=O)c1c(NC(=O)COC(=O)C(CCSC)NC(=O)c2ccccc2Cl)sc(C)c1CC. The number of carbonyl (C=O) groups is 4. The molecule has 2 rings (SSSR count). The zero-order valence-electron chi connectivity index (χ0n) is 20.1. The van der Waals surface area contributed by atoms with Crippen molar-refractivity contribution < 1.29 is 28.7 Å². The van der Waals surface area contributed by atoms with Crippen LogP contribution in [0.1, 0.15) is 51.4 Å². The normalized spacial score (nSPS) is 11.5. The van der Waals surface area contributed by atoms with E-state index in [4.69, 9.17) is 21.1 Å². The van der Waals surface area contributed by atoms with E-state index in [0.717, 1.165) is 10.4 Å². The first kappa shape index (κ1) is 28.7. The van der Waals surface area contributed by atoms with Gasteiger partial charge in [-0.1, -0.05) is 30.7 Å². The summed E-state index contributed by atoms with van der Waals surface area (Å²) >= 11 is 8.85. The van der Waals surface area contributed by atoms with Gasteiger partial charge in [-0.15, -0.1) is 11.3 Å². The molecule has 1 aromatic carbocycles. The Hall–Kier alpha value is -2.56. The van der Waals surface area contributed by atoms with Crippen LogP contribution in [0.4, 0.5) is 5.00 Å². The van der Waals surface area contributed by atoms with Crippen molar-refractivity contribution in [2.75, 3.05) is 30.5 Å². The summed E-state index contributed by atoms with van der Waals surface area (Å²) in [6.07, 6.45) is 2.79. The summed E-state index contributed by atoms with van der Waals surface area (Å²) in [6.45, 7) is 5.12. The maximum atomic E-state index is 12.7. The number of thioether (sulfide) groups is 1. The van der Waals surface area contributed by atoms with E-state index in [0.29, 0.717) is 29.2 Å². The third kappa shape index (κ3) is 7.98. The van der Waals surface area contributed by atoms with Gasteiger partial charge in [0.2, 0.25) is 0 Å². The topological polar surface area (TPSA) is 111 Å². The van der Waals surface area contributed by atoms with E-state index in [2.05, 4.69) is 10.6 Å². The standard InChI is InChI=1S/C24H29ClN2O6S2/c1-5-15-14(3)35-22(20(15)24(31)32-6-2)27-19(28)13-33-23(30)18(11-12-34-4)26-21(29)16-9-7-8-10-17(16)25/h7-10,18H,5-6,11-13H2,1-4H3,(H,26,29)(H,27,28). The number of amides is 2. The molecule has 11 heteroatoms. The van der Waals surface area contributed by atoms with Gasteiger partial charge in [0, 0.05) is 4.88 Å². The maximum absolute atomic E-state index is 12.7. The van der Waals surface area contributed by atoms with Crippen LogP contribution in [0.5, 0.6) is 0 Å². The van der Waals surface area contributed by atoms with Crippen molar-refractivity contribution in [2.24, 2.45) is 0 Å². The lowest BCUT2D eigenvalue weighted by atomic mass is 10.1. The number of hydrogen-bond acceptors (Lipinski definition) is 8. The zero-order valence-corrected chi connectivity index (χ0v) is 22.5. The van der Waals surface area contributed by atoms with Gasteiger partial charge in [0.15, 0.2) is 6.61 Å². The molecule has 1 aromatic heterocycles. The molecule has 0 saturated carbocycles. The molecule has 0 radical (unpaired) electrons. The lowest BCUT2D eigenvalue weighted by Crippen LogP contribution is -2.43. The molecule has 2 N–H and O–H groups in total. The Labute approximate surface area is 218 Å². The smallest absolute Gasteiger partial charge is 0.341 e. The number of carbonyl (C=O) groups excluding carboxylic acids is 4. The van der Waals surface area contributed by atoms with E-state index in [1.807, 2.05) is 20.1 Å². The van der Waals surface area contributed by atoms with Crippen LogP contribution in [-0.2, 0) is 25.5 Å². The third-order valence-electron chi connectivity index (χ3n) is 4.96. The first-order chi connectivity index (χ1) is 16.7. The fourth-order valence-electron chi connectivity index (χ4n) is 3.28. The van der Waals surface area contributed by atoms with Crippen LogP contribution in [-0.4, -0.2) is 55.0 Å². The number of nitrogens with one attached hydrogen (secondary N) is 2. The van der Waals surface area contributed by atoms with Crippen molar-refractivity contribution in [3.05, 3.63) is 50.9 Å². The molecule has 0 fully saturated rings. The third-order valence-corrected chi connectivity index (χ3v) is 7.00. The van der Waals surface area contributed by atoms with Crippen LogP contribution in [0.25, 0.3) is 0 Å². The number of hydrogen-bond donors (Lipinski definition) is 2. The first-order valence-electron chi connectivity index (χ1n) is 11.0. The minimum absolute atomic E-state index is 0.208. The minimum atomic E-state index is -0.954. The number of esters is 2. The molecule has 0 saturated heterocycles. The van der Waals surface area contributed by atoms with Crippen molar-refractivity contribution in [1.29, 1.82) is 0 Å². The number of benzene rings is 1. The highest BCUT2D eigenvalue weighted by molar-refractivity contribution is 7.98. The highest BCUT2D eigenvalue weighted by atomic mass is 35.5. The van der Waals surface area contributed by atoms with Gasteiger partial charge >= 0.3 is 11.9 Å². The molecule has 190 valence electrons. The summed E-state index contributed by atoms with van der Waals surface area (Å²) in [5.41, 5.74) is 1.36. The highest BCUT2D eigenvalue weighted by Gasteiger charge is 2.26. The summed E-state index contributed by atoms with van der Waals surface area (Å²) in [4.78, 5) is 51.2. The van der Waals surface area contributed by atoms with Gasteiger partial charge in [-0.3, -0.25) is 9.59 Å². The molecule has 2 amide bonds. The molecule has 35 heavy (non-hydrogen) atoms.